The van der Waals surface area contributed by atoms with E-state index in [4.69, 9.17) is 38.3 Å². The van der Waals surface area contributed by atoms with Gasteiger partial charge in [-0.15, -0.1) is 0 Å². The van der Waals surface area contributed by atoms with Crippen molar-refractivity contribution < 1.29 is 48.2 Å². The highest BCUT2D eigenvalue weighted by Gasteiger charge is 2.62. The fourth-order valence-electron chi connectivity index (χ4n) is 13.6. The van der Waals surface area contributed by atoms with Crippen LogP contribution in [-0.2, 0) is 38.0 Å². The second-order valence-electron chi connectivity index (χ2n) is 21.3. The number of aliphatic carboxylic acids is 1. The van der Waals surface area contributed by atoms with Crippen molar-refractivity contribution in [3.05, 3.63) is 36.5 Å². The van der Waals surface area contributed by atoms with E-state index in [0.717, 1.165) is 50.6 Å². The van der Waals surface area contributed by atoms with E-state index >= 15 is 0 Å². The molecule has 2 bridgehead atoms. The van der Waals surface area contributed by atoms with Gasteiger partial charge in [-0.25, -0.2) is 0 Å². The lowest BCUT2D eigenvalue weighted by atomic mass is 9.74. The number of carboxylic acid groups (broad SMARTS) is 1. The maximum atomic E-state index is 12.1. The van der Waals surface area contributed by atoms with Gasteiger partial charge < -0.3 is 48.7 Å². The van der Waals surface area contributed by atoms with Gasteiger partial charge >= 0.3 is 5.97 Å². The quantitative estimate of drug-likeness (QED) is 0.199. The molecule has 3 N–H and O–H groups in total. The third-order valence-corrected chi connectivity index (χ3v) is 16.5. The monoisotopic (exact) mass is 824 g/mol. The lowest BCUT2D eigenvalue weighted by molar-refractivity contribution is -0.365. The molecule has 0 aromatic heterocycles. The van der Waals surface area contributed by atoms with Crippen LogP contribution < -0.4 is 5.32 Å². The first-order chi connectivity index (χ1) is 28.1. The molecule has 0 radical (unpaired) electrons. The molecule has 1 aliphatic carbocycles. The Morgan fingerprint density at radius 2 is 1.68 bits per heavy atom. The fourth-order valence-corrected chi connectivity index (χ4v) is 13.6. The lowest BCUT2D eigenvalue weighted by Crippen LogP contribution is -2.57. The molecule has 0 aromatic carbocycles. The minimum absolute atomic E-state index is 0.0678. The number of ether oxygens (including phenoxy) is 7. The van der Waals surface area contributed by atoms with Gasteiger partial charge in [-0.1, -0.05) is 72.4 Å². The van der Waals surface area contributed by atoms with Gasteiger partial charge in [0, 0.05) is 62.3 Å². The van der Waals surface area contributed by atoms with Gasteiger partial charge in [0.05, 0.1) is 48.8 Å². The van der Waals surface area contributed by atoms with E-state index in [0.29, 0.717) is 62.2 Å². The highest BCUT2D eigenvalue weighted by atomic mass is 16.8. The van der Waals surface area contributed by atoms with E-state index in [1.807, 2.05) is 18.2 Å². The van der Waals surface area contributed by atoms with E-state index < -0.39 is 41.6 Å². The van der Waals surface area contributed by atoms with E-state index in [1.165, 1.54) is 6.42 Å². The zero-order valence-corrected chi connectivity index (χ0v) is 36.5. The van der Waals surface area contributed by atoms with Crippen molar-refractivity contribution in [2.24, 2.45) is 41.4 Å². The summed E-state index contributed by atoms with van der Waals surface area (Å²) in [6.07, 6.45) is 16.7. The van der Waals surface area contributed by atoms with Crippen LogP contribution in [0.5, 0.6) is 0 Å². The fraction of sp³-hybridized carbons (Fsp3) is 0.854. The molecule has 20 atom stereocenters. The number of rotatable bonds is 9. The van der Waals surface area contributed by atoms with E-state index in [-0.39, 0.29) is 66.3 Å². The summed E-state index contributed by atoms with van der Waals surface area (Å²) in [5, 5.41) is 25.1. The van der Waals surface area contributed by atoms with Crippen LogP contribution in [0.4, 0.5) is 0 Å². The Hall–Kier alpha value is -1.67. The Labute approximate surface area is 352 Å². The van der Waals surface area contributed by atoms with Gasteiger partial charge in [-0.3, -0.25) is 4.79 Å². The molecule has 7 saturated heterocycles. The van der Waals surface area contributed by atoms with Gasteiger partial charge in [-0.05, 0) is 86.7 Å². The largest absolute Gasteiger partial charge is 0.481 e. The summed E-state index contributed by atoms with van der Waals surface area (Å²) in [5.74, 6) is -0.375. The van der Waals surface area contributed by atoms with Crippen molar-refractivity contribution in [1.29, 1.82) is 0 Å². The molecule has 11 nitrogen and oxygen atoms in total. The van der Waals surface area contributed by atoms with Crippen LogP contribution in [0.2, 0.25) is 0 Å². The number of carbonyl (C=O) groups is 1. The number of allylic oxidation sites excluding steroid dienone is 1. The topological polar surface area (TPSA) is 134 Å². The van der Waals surface area contributed by atoms with Gasteiger partial charge in [0.15, 0.2) is 17.4 Å². The van der Waals surface area contributed by atoms with Gasteiger partial charge in [0.2, 0.25) is 0 Å². The number of aliphatic hydroxyl groups excluding tert-OH is 1. The van der Waals surface area contributed by atoms with Crippen LogP contribution >= 0.6 is 0 Å². The summed E-state index contributed by atoms with van der Waals surface area (Å²) in [7, 11) is 0. The normalized spacial score (nSPS) is 52.3. The standard InChI is InChI=1S/C48H73NO10/c1-27-18-36-35-24-45(32(6)17-28(2)26-49-45)25-40(35)57-47(22-27,56-36)23-31(5)43-29(3)19-30(4)44(54-43)42(52)39-21-38-37(53-39)20-33(7)48(58-38)16-15-46(59-48)14-10-12-34(55-46)11-8-9-13-41(50)51/h8,10-12,27-30,32-40,42-44,49,52H,5,9,13-26H2,1-4,6-7H3,(H,50,51)/b11-8+/t27-,28+,29-,30+,32-,33+,34+,35-,36+,37+,38+,39?,40+,42+,43-,44?,45+,46-,47+,48+/m0/s1. The lowest BCUT2D eigenvalue weighted by Gasteiger charge is -2.53. The minimum Gasteiger partial charge on any atom is -0.481 e. The Kier molecular flexibility index (Phi) is 11.7. The predicted octanol–water partition coefficient (Wildman–Crippen LogP) is 7.60. The first-order valence-electron chi connectivity index (χ1n) is 23.5. The van der Waals surface area contributed by atoms with Crippen molar-refractivity contribution in [1.82, 2.24) is 5.32 Å². The maximum Gasteiger partial charge on any atom is 0.303 e. The summed E-state index contributed by atoms with van der Waals surface area (Å²) in [6.45, 7) is 19.5. The zero-order chi connectivity index (χ0) is 41.5. The van der Waals surface area contributed by atoms with E-state index in [9.17, 15) is 9.90 Å². The average molecular weight is 824 g/mol. The predicted molar refractivity (Wildman–Crippen MR) is 221 cm³/mol. The van der Waals surface area contributed by atoms with Crippen LogP contribution in [-0.4, -0.2) is 101 Å². The number of hydrogen-bond acceptors (Lipinski definition) is 10. The molecule has 0 amide bonds. The van der Waals surface area contributed by atoms with E-state index in [1.54, 1.807) is 0 Å². The summed E-state index contributed by atoms with van der Waals surface area (Å²) in [4.78, 5) is 11.0. The smallest absolute Gasteiger partial charge is 0.303 e. The Morgan fingerprint density at radius 3 is 2.47 bits per heavy atom. The summed E-state index contributed by atoms with van der Waals surface area (Å²) in [6, 6.07) is 0. The highest BCUT2D eigenvalue weighted by Crippen LogP contribution is 2.57. The van der Waals surface area contributed by atoms with Crippen LogP contribution in [0.1, 0.15) is 131 Å². The number of hydrogen-bond donors (Lipinski definition) is 3. The van der Waals surface area contributed by atoms with Crippen molar-refractivity contribution in [2.45, 2.75) is 209 Å². The first-order valence-corrected chi connectivity index (χ1v) is 23.5. The summed E-state index contributed by atoms with van der Waals surface area (Å²) >= 11 is 0. The third-order valence-electron chi connectivity index (χ3n) is 16.5. The summed E-state index contributed by atoms with van der Waals surface area (Å²) < 4.78 is 48.1. The third kappa shape index (κ3) is 8.09. The molecule has 8 heterocycles. The molecule has 11 heteroatoms. The number of aliphatic hydroxyl groups is 1. The van der Waals surface area contributed by atoms with Crippen molar-refractivity contribution in [2.75, 3.05) is 6.54 Å². The molecular formula is C48H73NO10. The molecule has 0 aromatic rings. The number of piperidine rings is 1. The molecule has 59 heavy (non-hydrogen) atoms. The number of carboxylic acids is 1. The minimum atomic E-state index is -0.813. The molecule has 330 valence electrons. The van der Waals surface area contributed by atoms with Gasteiger partial charge in [0.25, 0.3) is 0 Å². The molecule has 9 aliphatic rings. The molecule has 9 rings (SSSR count). The average Bonchev–Trinajstić information content (AvgIpc) is 3.86. The molecule has 2 unspecified atom stereocenters. The maximum absolute atomic E-state index is 12.1. The van der Waals surface area contributed by atoms with Crippen molar-refractivity contribution in [3.63, 3.8) is 0 Å². The number of fused-ring (bicyclic) bond motifs is 5. The van der Waals surface area contributed by atoms with Crippen molar-refractivity contribution in [3.8, 4) is 0 Å². The molecule has 1 saturated carbocycles. The van der Waals surface area contributed by atoms with Crippen LogP contribution in [0.3, 0.4) is 0 Å². The Balaban J connectivity index is 0.828. The van der Waals surface area contributed by atoms with Crippen LogP contribution in [0.25, 0.3) is 0 Å². The zero-order valence-electron chi connectivity index (χ0n) is 36.5. The van der Waals surface area contributed by atoms with Crippen LogP contribution in [0, 0.1) is 41.4 Å². The molecular weight excluding hydrogens is 751 g/mol. The SMILES string of the molecule is C=C(C[C@]12C[C@@H](C)C[C@@H](O1)[C@@H]1C[C@]3(C[C@H]1O2)NC[C@H](C)C[C@@H]3C)[C@H]1OC([C@H](O)C2C[C@H]3O[C@@]4(CC[C@]5(CC=C[C@@H](/C=C/CCC(=O)O)O5)O4)[C@H](C)C[C@H]3O2)[C@H](C)C[C@@H]1C. The van der Waals surface area contributed by atoms with Crippen LogP contribution in [0.15, 0.2) is 36.5 Å². The highest BCUT2D eigenvalue weighted by molar-refractivity contribution is 5.66. The summed E-state index contributed by atoms with van der Waals surface area (Å²) in [5.41, 5.74) is 1.14. The van der Waals surface area contributed by atoms with Gasteiger partial charge in [-0.2, -0.15) is 0 Å². The molecule has 8 aliphatic heterocycles. The second kappa shape index (κ2) is 16.2. The molecule has 8 fully saturated rings. The van der Waals surface area contributed by atoms with Gasteiger partial charge in [0.1, 0.15) is 6.10 Å². The Morgan fingerprint density at radius 1 is 0.864 bits per heavy atom. The second-order valence-corrected chi connectivity index (χ2v) is 21.3. The first kappa shape index (κ1) is 42.6. The Bertz CT molecular complexity index is 1640. The number of nitrogens with one attached hydrogen (secondary N) is 1. The van der Waals surface area contributed by atoms with E-state index in [2.05, 4.69) is 59.5 Å². The van der Waals surface area contributed by atoms with Crippen molar-refractivity contribution >= 4 is 5.97 Å². The molecule has 3 spiro atoms.